The number of anilines is 1. The van der Waals surface area contributed by atoms with Gasteiger partial charge in [0, 0.05) is 23.8 Å². The second-order valence-corrected chi connectivity index (χ2v) is 7.67. The Labute approximate surface area is 122 Å². The zero-order chi connectivity index (χ0) is 14.0. The smallest absolute Gasteiger partial charge is 0.246 e. The van der Waals surface area contributed by atoms with Gasteiger partial charge in [-0.25, -0.2) is 13.4 Å². The fourth-order valence-corrected chi connectivity index (χ4v) is 4.11. The molecule has 1 aliphatic rings. The highest BCUT2D eigenvalue weighted by Gasteiger charge is 2.32. The van der Waals surface area contributed by atoms with Crippen molar-refractivity contribution in [3.8, 4) is 0 Å². The predicted octanol–water partition coefficient (Wildman–Crippen LogP) is 2.24. The Morgan fingerprint density at radius 2 is 2.21 bits per heavy atom. The Balaban J connectivity index is 2.34. The normalized spacial score (nSPS) is 15.9. The third-order valence-electron chi connectivity index (χ3n) is 3.10. The Bertz CT molecular complexity index is 558. The zero-order valence-corrected chi connectivity index (χ0v) is 13.2. The van der Waals surface area contributed by atoms with Crippen LogP contribution >= 0.6 is 15.9 Å². The van der Waals surface area contributed by atoms with Crippen molar-refractivity contribution in [3.63, 3.8) is 0 Å². The van der Waals surface area contributed by atoms with E-state index < -0.39 is 10.0 Å². The summed E-state index contributed by atoms with van der Waals surface area (Å²) in [5, 5.41) is 0. The first-order valence-electron chi connectivity index (χ1n) is 6.36. The molecule has 0 amide bonds. The van der Waals surface area contributed by atoms with Crippen molar-refractivity contribution in [2.45, 2.75) is 31.1 Å². The standard InChI is InChI=1S/C12H18BrN3O2S/c1-2-5-16(8-9-3-4-9)19(17,18)11-6-10(13)7-15-12(11)14/h6-7,9H,2-5,8H2,1H3,(H2,14,15). The van der Waals surface area contributed by atoms with E-state index in [2.05, 4.69) is 20.9 Å². The Hall–Kier alpha value is -0.660. The van der Waals surface area contributed by atoms with Crippen LogP contribution in [-0.2, 0) is 10.0 Å². The van der Waals surface area contributed by atoms with E-state index in [0.29, 0.717) is 23.5 Å². The van der Waals surface area contributed by atoms with E-state index in [1.54, 1.807) is 0 Å². The average molecular weight is 348 g/mol. The van der Waals surface area contributed by atoms with Crippen molar-refractivity contribution >= 4 is 31.8 Å². The van der Waals surface area contributed by atoms with Crippen LogP contribution < -0.4 is 5.73 Å². The van der Waals surface area contributed by atoms with Crippen molar-refractivity contribution < 1.29 is 8.42 Å². The van der Waals surface area contributed by atoms with Crippen LogP contribution in [0.25, 0.3) is 0 Å². The molecule has 5 nitrogen and oxygen atoms in total. The van der Waals surface area contributed by atoms with Crippen LogP contribution in [0.1, 0.15) is 26.2 Å². The van der Waals surface area contributed by atoms with E-state index in [-0.39, 0.29) is 10.7 Å². The van der Waals surface area contributed by atoms with Crippen molar-refractivity contribution in [1.82, 2.24) is 9.29 Å². The molecule has 0 spiro atoms. The molecule has 1 saturated carbocycles. The first-order valence-corrected chi connectivity index (χ1v) is 8.59. The van der Waals surface area contributed by atoms with E-state index in [9.17, 15) is 8.42 Å². The van der Waals surface area contributed by atoms with Crippen LogP contribution in [0.2, 0.25) is 0 Å². The molecule has 1 fully saturated rings. The lowest BCUT2D eigenvalue weighted by Crippen LogP contribution is -2.34. The van der Waals surface area contributed by atoms with Crippen LogP contribution in [0.3, 0.4) is 0 Å². The summed E-state index contributed by atoms with van der Waals surface area (Å²) in [7, 11) is -3.56. The average Bonchev–Trinajstić information content (AvgIpc) is 3.15. The van der Waals surface area contributed by atoms with Gasteiger partial charge in [-0.3, -0.25) is 0 Å². The minimum Gasteiger partial charge on any atom is -0.383 e. The predicted molar refractivity (Wildman–Crippen MR) is 78.1 cm³/mol. The van der Waals surface area contributed by atoms with Gasteiger partial charge in [-0.2, -0.15) is 4.31 Å². The van der Waals surface area contributed by atoms with Crippen molar-refractivity contribution in [2.24, 2.45) is 5.92 Å². The molecule has 0 aromatic carbocycles. The van der Waals surface area contributed by atoms with Crippen LogP contribution in [0, 0.1) is 5.92 Å². The molecule has 0 saturated heterocycles. The molecule has 0 atom stereocenters. The monoisotopic (exact) mass is 347 g/mol. The fraction of sp³-hybridized carbons (Fsp3) is 0.583. The second kappa shape index (κ2) is 5.76. The number of rotatable bonds is 6. The molecule has 1 aliphatic carbocycles. The van der Waals surface area contributed by atoms with E-state index in [1.165, 1.54) is 16.6 Å². The van der Waals surface area contributed by atoms with Crippen LogP contribution in [0.5, 0.6) is 0 Å². The van der Waals surface area contributed by atoms with Crippen molar-refractivity contribution in [1.29, 1.82) is 0 Å². The Morgan fingerprint density at radius 3 is 2.79 bits per heavy atom. The van der Waals surface area contributed by atoms with Gasteiger partial charge in [-0.1, -0.05) is 6.92 Å². The SMILES string of the molecule is CCCN(CC1CC1)S(=O)(=O)c1cc(Br)cnc1N. The summed E-state index contributed by atoms with van der Waals surface area (Å²) < 4.78 is 27.4. The number of sulfonamides is 1. The summed E-state index contributed by atoms with van der Waals surface area (Å²) in [6.07, 6.45) is 4.51. The maximum Gasteiger partial charge on any atom is 0.246 e. The molecule has 2 N–H and O–H groups in total. The van der Waals surface area contributed by atoms with E-state index in [1.807, 2.05) is 6.92 Å². The molecule has 1 aromatic heterocycles. The highest BCUT2D eigenvalue weighted by Crippen LogP contribution is 2.32. The molecule has 19 heavy (non-hydrogen) atoms. The Morgan fingerprint density at radius 1 is 1.53 bits per heavy atom. The molecular formula is C12H18BrN3O2S. The maximum atomic E-state index is 12.6. The number of hydrogen-bond acceptors (Lipinski definition) is 4. The van der Waals surface area contributed by atoms with Crippen LogP contribution in [-0.4, -0.2) is 30.8 Å². The molecule has 0 bridgehead atoms. The fourth-order valence-electron chi connectivity index (χ4n) is 1.92. The third-order valence-corrected chi connectivity index (χ3v) is 5.43. The quantitative estimate of drug-likeness (QED) is 0.855. The Kier molecular flexibility index (Phi) is 4.47. The molecule has 0 unspecified atom stereocenters. The first-order chi connectivity index (χ1) is 8.95. The number of nitrogens with zero attached hydrogens (tertiary/aromatic N) is 2. The second-order valence-electron chi connectivity index (χ2n) is 4.84. The van der Waals surface area contributed by atoms with Gasteiger partial charge in [-0.05, 0) is 47.2 Å². The van der Waals surface area contributed by atoms with E-state index in [4.69, 9.17) is 5.73 Å². The number of pyridine rings is 1. The molecule has 1 heterocycles. The third kappa shape index (κ3) is 3.46. The van der Waals surface area contributed by atoms with Gasteiger partial charge in [0.1, 0.15) is 10.7 Å². The molecule has 1 aromatic rings. The van der Waals surface area contributed by atoms with Crippen molar-refractivity contribution in [3.05, 3.63) is 16.7 Å². The summed E-state index contributed by atoms with van der Waals surface area (Å²) in [6.45, 7) is 3.07. The minimum atomic E-state index is -3.56. The molecule has 0 aliphatic heterocycles. The van der Waals surface area contributed by atoms with Gasteiger partial charge in [0.05, 0.1) is 0 Å². The zero-order valence-electron chi connectivity index (χ0n) is 10.8. The number of aromatic nitrogens is 1. The lowest BCUT2D eigenvalue weighted by Gasteiger charge is -2.22. The van der Waals surface area contributed by atoms with E-state index >= 15 is 0 Å². The van der Waals surface area contributed by atoms with Gasteiger partial charge < -0.3 is 5.73 Å². The summed E-state index contributed by atoms with van der Waals surface area (Å²) in [5.74, 6) is 0.558. The highest BCUT2D eigenvalue weighted by atomic mass is 79.9. The summed E-state index contributed by atoms with van der Waals surface area (Å²) >= 11 is 3.24. The molecule has 2 rings (SSSR count). The number of nitrogens with two attached hydrogens (primary N) is 1. The van der Waals surface area contributed by atoms with Crippen LogP contribution in [0.4, 0.5) is 5.82 Å². The van der Waals surface area contributed by atoms with Gasteiger partial charge in [-0.15, -0.1) is 0 Å². The lowest BCUT2D eigenvalue weighted by atomic mass is 10.4. The number of halogens is 1. The minimum absolute atomic E-state index is 0.0556. The van der Waals surface area contributed by atoms with Gasteiger partial charge >= 0.3 is 0 Å². The molecule has 0 radical (unpaired) electrons. The largest absolute Gasteiger partial charge is 0.383 e. The van der Waals surface area contributed by atoms with Gasteiger partial charge in [0.2, 0.25) is 10.0 Å². The molecule has 106 valence electrons. The maximum absolute atomic E-state index is 12.6. The molecular weight excluding hydrogens is 330 g/mol. The first kappa shape index (κ1) is 14.7. The van der Waals surface area contributed by atoms with Crippen LogP contribution in [0.15, 0.2) is 21.6 Å². The number of hydrogen-bond donors (Lipinski definition) is 1. The topological polar surface area (TPSA) is 76.3 Å². The summed E-state index contributed by atoms with van der Waals surface area (Å²) in [4.78, 5) is 4.00. The summed E-state index contributed by atoms with van der Waals surface area (Å²) in [6, 6.07) is 1.52. The van der Waals surface area contributed by atoms with E-state index in [0.717, 1.165) is 19.3 Å². The lowest BCUT2D eigenvalue weighted by molar-refractivity contribution is 0.396. The number of nitrogen functional groups attached to an aromatic ring is 1. The van der Waals surface area contributed by atoms with Gasteiger partial charge in [0.25, 0.3) is 0 Å². The highest BCUT2D eigenvalue weighted by molar-refractivity contribution is 9.10. The summed E-state index contributed by atoms with van der Waals surface area (Å²) in [5.41, 5.74) is 5.72. The van der Waals surface area contributed by atoms with Gasteiger partial charge in [0.15, 0.2) is 0 Å². The van der Waals surface area contributed by atoms with Crippen molar-refractivity contribution in [2.75, 3.05) is 18.8 Å². The molecule has 7 heteroatoms.